The molecule has 0 atom stereocenters. The highest BCUT2D eigenvalue weighted by atomic mass is 16.5. The molecule has 0 N–H and O–H groups in total. The second-order valence-corrected chi connectivity index (χ2v) is 12.1. The van der Waals surface area contributed by atoms with Gasteiger partial charge in [-0.15, -0.1) is 0 Å². The van der Waals surface area contributed by atoms with Gasteiger partial charge in [0.1, 0.15) is 24.7 Å². The normalized spacial score (nSPS) is 13.8. The Labute approximate surface area is 253 Å². The molecule has 212 valence electrons. The lowest BCUT2D eigenvalue weighted by Gasteiger charge is -2.14. The lowest BCUT2D eigenvalue weighted by molar-refractivity contribution is -0.456. The molecule has 0 amide bonds. The van der Waals surface area contributed by atoms with Crippen LogP contribution in [-0.4, -0.2) is 10.3 Å². The minimum Gasteiger partial charge on any atom is -0.489 e. The van der Waals surface area contributed by atoms with Crippen molar-refractivity contribution in [3.05, 3.63) is 150 Å². The molecule has 3 heteroatoms. The number of para-hydroxylation sites is 1. The standard InChI is InChI=1S/C40H36NO2/c1-28-40(2,3)38-14-8-9-15-39(38)41(28)25-31-22-36(42-26-29-16-18-32-10-4-6-12-34(32)20-29)24-37(23-31)43-27-30-17-19-33-11-5-7-13-35(33)21-30/h4-24H,25-27H2,1-3H3/q+1. The van der Waals surface area contributed by atoms with Crippen molar-refractivity contribution in [3.63, 3.8) is 0 Å². The van der Waals surface area contributed by atoms with Crippen molar-refractivity contribution in [1.29, 1.82) is 0 Å². The molecule has 0 unspecified atom stereocenters. The molecule has 6 aromatic rings. The monoisotopic (exact) mass is 562 g/mol. The molecule has 0 aliphatic carbocycles. The fraction of sp³-hybridized carbons (Fsp3) is 0.175. The molecule has 1 aliphatic heterocycles. The molecule has 0 aromatic heterocycles. The van der Waals surface area contributed by atoms with Crippen LogP contribution in [0.1, 0.15) is 43.0 Å². The van der Waals surface area contributed by atoms with E-state index in [4.69, 9.17) is 9.47 Å². The van der Waals surface area contributed by atoms with Crippen LogP contribution in [0.3, 0.4) is 0 Å². The molecule has 0 spiro atoms. The van der Waals surface area contributed by atoms with Gasteiger partial charge in [0.2, 0.25) is 5.69 Å². The third kappa shape index (κ3) is 5.39. The summed E-state index contributed by atoms with van der Waals surface area (Å²) >= 11 is 0. The maximum absolute atomic E-state index is 6.43. The van der Waals surface area contributed by atoms with Crippen molar-refractivity contribution in [2.45, 2.75) is 45.9 Å². The van der Waals surface area contributed by atoms with Gasteiger partial charge in [-0.25, -0.2) is 0 Å². The van der Waals surface area contributed by atoms with E-state index in [2.05, 4.69) is 147 Å². The summed E-state index contributed by atoms with van der Waals surface area (Å²) in [5.41, 5.74) is 7.39. The van der Waals surface area contributed by atoms with Gasteiger partial charge in [0, 0.05) is 30.2 Å². The number of nitrogens with zero attached hydrogens (tertiary/aromatic N) is 1. The predicted molar refractivity (Wildman–Crippen MR) is 177 cm³/mol. The smallest absolute Gasteiger partial charge is 0.209 e. The van der Waals surface area contributed by atoms with Crippen molar-refractivity contribution in [3.8, 4) is 11.5 Å². The average Bonchev–Trinajstić information content (AvgIpc) is 3.23. The molecule has 0 saturated carbocycles. The van der Waals surface area contributed by atoms with Crippen LogP contribution < -0.4 is 9.47 Å². The van der Waals surface area contributed by atoms with Crippen molar-refractivity contribution in [2.75, 3.05) is 0 Å². The van der Waals surface area contributed by atoms with Crippen LogP contribution >= 0.6 is 0 Å². The summed E-state index contributed by atoms with van der Waals surface area (Å²) in [6.07, 6.45) is 0. The summed E-state index contributed by atoms with van der Waals surface area (Å²) < 4.78 is 15.3. The highest BCUT2D eigenvalue weighted by Gasteiger charge is 2.42. The molecule has 0 saturated heterocycles. The Morgan fingerprint density at radius 3 is 1.63 bits per heavy atom. The van der Waals surface area contributed by atoms with Crippen LogP contribution in [0.4, 0.5) is 5.69 Å². The molecule has 3 nitrogen and oxygen atoms in total. The van der Waals surface area contributed by atoms with Crippen molar-refractivity contribution < 1.29 is 14.0 Å². The molecule has 1 aliphatic rings. The van der Waals surface area contributed by atoms with Gasteiger partial charge < -0.3 is 9.47 Å². The number of ether oxygens (including phenoxy) is 2. The van der Waals surface area contributed by atoms with E-state index >= 15 is 0 Å². The van der Waals surface area contributed by atoms with Gasteiger partial charge in [-0.2, -0.15) is 4.58 Å². The predicted octanol–water partition coefficient (Wildman–Crippen LogP) is 9.75. The second kappa shape index (κ2) is 11.1. The largest absolute Gasteiger partial charge is 0.489 e. The van der Waals surface area contributed by atoms with E-state index in [1.807, 2.05) is 6.07 Å². The molecule has 1 heterocycles. The number of benzene rings is 6. The highest BCUT2D eigenvalue weighted by Crippen LogP contribution is 2.40. The van der Waals surface area contributed by atoms with E-state index in [1.54, 1.807) is 0 Å². The van der Waals surface area contributed by atoms with Gasteiger partial charge in [-0.1, -0.05) is 91.0 Å². The third-order valence-corrected chi connectivity index (χ3v) is 8.90. The molecule has 6 aromatic carbocycles. The van der Waals surface area contributed by atoms with Crippen LogP contribution in [-0.2, 0) is 25.2 Å². The van der Waals surface area contributed by atoms with Gasteiger partial charge in [-0.3, -0.25) is 0 Å². The van der Waals surface area contributed by atoms with E-state index in [0.29, 0.717) is 13.2 Å². The van der Waals surface area contributed by atoms with Crippen molar-refractivity contribution in [1.82, 2.24) is 0 Å². The summed E-state index contributed by atoms with van der Waals surface area (Å²) in [6.45, 7) is 8.58. The van der Waals surface area contributed by atoms with E-state index in [1.165, 1.54) is 38.5 Å². The van der Waals surface area contributed by atoms with Crippen molar-refractivity contribution >= 4 is 32.9 Å². The Hall–Kier alpha value is -4.89. The maximum Gasteiger partial charge on any atom is 0.209 e. The first-order valence-electron chi connectivity index (χ1n) is 15.0. The van der Waals surface area contributed by atoms with Crippen LogP contribution in [0.2, 0.25) is 0 Å². The molecular formula is C40H36NO2+. The minimum absolute atomic E-state index is 0.0177. The molecular weight excluding hydrogens is 526 g/mol. The number of hydrogen-bond acceptors (Lipinski definition) is 2. The van der Waals surface area contributed by atoms with Gasteiger partial charge in [0.25, 0.3) is 0 Å². The molecule has 0 bridgehead atoms. The lowest BCUT2D eigenvalue weighted by atomic mass is 9.82. The first-order chi connectivity index (χ1) is 20.9. The van der Waals surface area contributed by atoms with Crippen LogP contribution in [0.25, 0.3) is 21.5 Å². The Balaban J connectivity index is 1.18. The second-order valence-electron chi connectivity index (χ2n) is 12.1. The first kappa shape index (κ1) is 27.0. The van der Waals surface area contributed by atoms with Gasteiger partial charge in [0.05, 0.1) is 5.41 Å². The average molecular weight is 563 g/mol. The van der Waals surface area contributed by atoms with Gasteiger partial charge in [0.15, 0.2) is 12.3 Å². The van der Waals surface area contributed by atoms with Gasteiger partial charge >= 0.3 is 0 Å². The Kier molecular flexibility index (Phi) is 6.95. The number of rotatable bonds is 8. The van der Waals surface area contributed by atoms with E-state index in [9.17, 15) is 0 Å². The minimum atomic E-state index is -0.0177. The maximum atomic E-state index is 6.43. The number of hydrogen-bond donors (Lipinski definition) is 0. The first-order valence-corrected chi connectivity index (χ1v) is 15.0. The van der Waals surface area contributed by atoms with Crippen LogP contribution in [0, 0.1) is 0 Å². The molecule has 0 fully saturated rings. The zero-order valence-electron chi connectivity index (χ0n) is 25.0. The molecule has 0 radical (unpaired) electrons. The topological polar surface area (TPSA) is 21.5 Å². The van der Waals surface area contributed by atoms with E-state index in [-0.39, 0.29) is 5.41 Å². The molecule has 7 rings (SSSR count). The summed E-state index contributed by atoms with van der Waals surface area (Å²) in [4.78, 5) is 0. The van der Waals surface area contributed by atoms with Crippen LogP contribution in [0.5, 0.6) is 11.5 Å². The lowest BCUT2D eigenvalue weighted by Crippen LogP contribution is -2.26. The zero-order valence-corrected chi connectivity index (χ0v) is 25.0. The Morgan fingerprint density at radius 2 is 1.05 bits per heavy atom. The molecule has 43 heavy (non-hydrogen) atoms. The highest BCUT2D eigenvalue weighted by molar-refractivity contribution is 5.93. The Morgan fingerprint density at radius 1 is 0.535 bits per heavy atom. The number of fused-ring (bicyclic) bond motifs is 3. The summed E-state index contributed by atoms with van der Waals surface area (Å²) in [5, 5.41) is 4.91. The third-order valence-electron chi connectivity index (χ3n) is 8.90. The summed E-state index contributed by atoms with van der Waals surface area (Å²) in [5.74, 6) is 1.62. The summed E-state index contributed by atoms with van der Waals surface area (Å²) in [7, 11) is 0. The SMILES string of the molecule is CC1=[N+](Cc2cc(OCc3ccc4ccccc4c3)cc(OCc3ccc4ccccc4c3)c2)c2ccccc2C1(C)C. The van der Waals surface area contributed by atoms with Crippen molar-refractivity contribution in [2.24, 2.45) is 0 Å². The van der Waals surface area contributed by atoms with Gasteiger partial charge in [-0.05, 0) is 70.8 Å². The Bertz CT molecular complexity index is 1900. The fourth-order valence-corrected chi connectivity index (χ4v) is 6.22. The quantitative estimate of drug-likeness (QED) is 0.172. The zero-order chi connectivity index (χ0) is 29.4. The fourth-order valence-electron chi connectivity index (χ4n) is 6.22. The van der Waals surface area contributed by atoms with E-state index in [0.717, 1.165) is 34.7 Å². The van der Waals surface area contributed by atoms with E-state index < -0.39 is 0 Å². The summed E-state index contributed by atoms with van der Waals surface area (Å²) in [6, 6.07) is 45.0. The van der Waals surface area contributed by atoms with Crippen LogP contribution in [0.15, 0.2) is 127 Å².